The summed E-state index contributed by atoms with van der Waals surface area (Å²) in [4.78, 5) is 27.0. The van der Waals surface area contributed by atoms with E-state index in [0.29, 0.717) is 18.0 Å². The van der Waals surface area contributed by atoms with E-state index in [1.807, 2.05) is 13.8 Å². The van der Waals surface area contributed by atoms with Gasteiger partial charge in [-0.3, -0.25) is 14.6 Å². The Morgan fingerprint density at radius 3 is 2.75 bits per heavy atom. The summed E-state index contributed by atoms with van der Waals surface area (Å²) >= 11 is 0. The SMILES string of the molecule is C[C@H]1CC(C(=O)Nc2ccnc(C(N)=O)c2)OC1(C)C. The number of carbonyl (C=O) groups excluding carboxylic acids is 2. The summed E-state index contributed by atoms with van der Waals surface area (Å²) < 4.78 is 5.75. The molecule has 2 rings (SSSR count). The summed E-state index contributed by atoms with van der Waals surface area (Å²) in [6, 6.07) is 3.05. The fourth-order valence-electron chi connectivity index (χ4n) is 2.16. The first-order valence-electron chi connectivity index (χ1n) is 6.54. The topological polar surface area (TPSA) is 94.3 Å². The molecule has 0 aromatic carbocycles. The largest absolute Gasteiger partial charge is 0.364 e. The maximum atomic E-state index is 12.2. The van der Waals surface area contributed by atoms with Crippen molar-refractivity contribution < 1.29 is 14.3 Å². The van der Waals surface area contributed by atoms with Gasteiger partial charge in [-0.05, 0) is 38.3 Å². The molecule has 2 atom stereocenters. The van der Waals surface area contributed by atoms with Crippen LogP contribution in [0.1, 0.15) is 37.7 Å². The van der Waals surface area contributed by atoms with Gasteiger partial charge in [-0.15, -0.1) is 0 Å². The lowest BCUT2D eigenvalue weighted by Gasteiger charge is -2.22. The number of hydrogen-bond donors (Lipinski definition) is 2. The fraction of sp³-hybridized carbons (Fsp3) is 0.500. The van der Waals surface area contributed by atoms with Crippen molar-refractivity contribution in [2.75, 3.05) is 5.32 Å². The van der Waals surface area contributed by atoms with Crippen LogP contribution in [0, 0.1) is 5.92 Å². The van der Waals surface area contributed by atoms with Crippen molar-refractivity contribution in [1.82, 2.24) is 4.98 Å². The smallest absolute Gasteiger partial charge is 0.267 e. The fourth-order valence-corrected chi connectivity index (χ4v) is 2.16. The summed E-state index contributed by atoms with van der Waals surface area (Å²) in [6.07, 6.45) is 1.62. The zero-order valence-electron chi connectivity index (χ0n) is 11.8. The molecule has 0 bridgehead atoms. The van der Waals surface area contributed by atoms with Crippen LogP contribution < -0.4 is 11.1 Å². The zero-order chi connectivity index (χ0) is 14.9. The molecule has 108 valence electrons. The lowest BCUT2D eigenvalue weighted by atomic mass is 9.92. The maximum Gasteiger partial charge on any atom is 0.267 e. The highest BCUT2D eigenvalue weighted by Gasteiger charge is 2.41. The van der Waals surface area contributed by atoms with E-state index in [1.54, 1.807) is 6.07 Å². The molecule has 0 spiro atoms. The molecule has 1 aromatic rings. The molecule has 6 nitrogen and oxygen atoms in total. The molecule has 20 heavy (non-hydrogen) atoms. The molecular formula is C14H19N3O3. The van der Waals surface area contributed by atoms with E-state index in [0.717, 1.165) is 0 Å². The van der Waals surface area contributed by atoms with E-state index in [4.69, 9.17) is 10.5 Å². The van der Waals surface area contributed by atoms with Crippen LogP contribution >= 0.6 is 0 Å². The van der Waals surface area contributed by atoms with Gasteiger partial charge in [0.2, 0.25) is 0 Å². The van der Waals surface area contributed by atoms with Crippen molar-refractivity contribution in [3.05, 3.63) is 24.0 Å². The number of primary amides is 1. The Morgan fingerprint density at radius 2 is 2.20 bits per heavy atom. The van der Waals surface area contributed by atoms with Crippen molar-refractivity contribution in [2.45, 2.75) is 38.9 Å². The molecule has 1 saturated heterocycles. The molecule has 1 aliphatic heterocycles. The van der Waals surface area contributed by atoms with E-state index in [-0.39, 0.29) is 17.2 Å². The minimum absolute atomic E-state index is 0.115. The molecular weight excluding hydrogens is 258 g/mol. The average molecular weight is 277 g/mol. The maximum absolute atomic E-state index is 12.2. The number of pyridine rings is 1. The van der Waals surface area contributed by atoms with Crippen molar-refractivity contribution in [1.29, 1.82) is 0 Å². The Kier molecular flexibility index (Phi) is 3.76. The number of amides is 2. The Labute approximate surface area is 117 Å². The summed E-state index contributed by atoms with van der Waals surface area (Å²) in [5, 5.41) is 2.73. The Morgan fingerprint density at radius 1 is 1.50 bits per heavy atom. The minimum atomic E-state index is -0.632. The lowest BCUT2D eigenvalue weighted by molar-refractivity contribution is -0.130. The molecule has 3 N–H and O–H groups in total. The van der Waals surface area contributed by atoms with Crippen molar-refractivity contribution in [2.24, 2.45) is 11.7 Å². The highest BCUT2D eigenvalue weighted by atomic mass is 16.5. The Balaban J connectivity index is 2.06. The number of nitrogens with one attached hydrogen (secondary N) is 1. The van der Waals surface area contributed by atoms with Crippen LogP contribution in [0.2, 0.25) is 0 Å². The first kappa shape index (κ1) is 14.5. The lowest BCUT2D eigenvalue weighted by Crippen LogP contribution is -2.31. The average Bonchev–Trinajstić information content (AvgIpc) is 2.64. The predicted molar refractivity (Wildman–Crippen MR) is 74.1 cm³/mol. The normalized spacial score (nSPS) is 24.4. The van der Waals surface area contributed by atoms with Gasteiger partial charge >= 0.3 is 0 Å². The quantitative estimate of drug-likeness (QED) is 0.871. The van der Waals surface area contributed by atoms with Gasteiger partial charge in [0.25, 0.3) is 11.8 Å². The van der Waals surface area contributed by atoms with Crippen LogP contribution in [0.25, 0.3) is 0 Å². The molecule has 1 fully saturated rings. The van der Waals surface area contributed by atoms with E-state index < -0.39 is 12.0 Å². The van der Waals surface area contributed by atoms with Crippen LogP contribution in [-0.2, 0) is 9.53 Å². The van der Waals surface area contributed by atoms with Crippen molar-refractivity contribution in [3.8, 4) is 0 Å². The van der Waals surface area contributed by atoms with Crippen LogP contribution in [0.5, 0.6) is 0 Å². The molecule has 6 heteroatoms. The van der Waals surface area contributed by atoms with Gasteiger partial charge < -0.3 is 15.8 Å². The summed E-state index contributed by atoms with van der Waals surface area (Å²) in [7, 11) is 0. The van der Waals surface area contributed by atoms with Gasteiger partial charge in [0, 0.05) is 11.9 Å². The third kappa shape index (κ3) is 2.96. The molecule has 0 saturated carbocycles. The Bertz CT molecular complexity index is 542. The third-order valence-electron chi connectivity index (χ3n) is 3.77. The number of ether oxygens (including phenoxy) is 1. The first-order valence-corrected chi connectivity index (χ1v) is 6.54. The van der Waals surface area contributed by atoms with Gasteiger partial charge in [0.05, 0.1) is 5.60 Å². The van der Waals surface area contributed by atoms with E-state index in [1.165, 1.54) is 12.3 Å². The zero-order valence-corrected chi connectivity index (χ0v) is 11.8. The second-order valence-electron chi connectivity index (χ2n) is 5.63. The number of aromatic nitrogens is 1. The van der Waals surface area contributed by atoms with Crippen molar-refractivity contribution in [3.63, 3.8) is 0 Å². The summed E-state index contributed by atoms with van der Waals surface area (Å²) in [5.74, 6) is -0.547. The van der Waals surface area contributed by atoms with Gasteiger partial charge in [-0.2, -0.15) is 0 Å². The summed E-state index contributed by atoms with van der Waals surface area (Å²) in [6.45, 7) is 6.01. The predicted octanol–water partition coefficient (Wildman–Crippen LogP) is 1.32. The number of rotatable bonds is 3. The number of nitrogens with two attached hydrogens (primary N) is 1. The molecule has 1 unspecified atom stereocenters. The molecule has 0 radical (unpaired) electrons. The second-order valence-corrected chi connectivity index (χ2v) is 5.63. The molecule has 0 aliphatic carbocycles. The molecule has 2 heterocycles. The standard InChI is InChI=1S/C14H19N3O3/c1-8-6-11(20-14(8,2)3)13(19)17-9-4-5-16-10(7-9)12(15)18/h4-5,7-8,11H,6H2,1-3H3,(H2,15,18)(H,16,17,19)/t8-,11?/m0/s1. The van der Waals surface area contributed by atoms with Crippen LogP contribution in [0.15, 0.2) is 18.3 Å². The monoisotopic (exact) mass is 277 g/mol. The second kappa shape index (κ2) is 5.20. The van der Waals surface area contributed by atoms with E-state index in [2.05, 4.69) is 17.2 Å². The third-order valence-corrected chi connectivity index (χ3v) is 3.77. The number of anilines is 1. The van der Waals surface area contributed by atoms with E-state index >= 15 is 0 Å². The minimum Gasteiger partial charge on any atom is -0.364 e. The first-order chi connectivity index (χ1) is 9.29. The van der Waals surface area contributed by atoms with Crippen LogP contribution in [0.4, 0.5) is 5.69 Å². The van der Waals surface area contributed by atoms with Gasteiger partial charge in [0.1, 0.15) is 11.8 Å². The van der Waals surface area contributed by atoms with E-state index in [9.17, 15) is 9.59 Å². The number of nitrogens with zero attached hydrogens (tertiary/aromatic N) is 1. The van der Waals surface area contributed by atoms with Crippen molar-refractivity contribution >= 4 is 17.5 Å². The molecule has 2 amide bonds. The highest BCUT2D eigenvalue weighted by molar-refractivity contribution is 5.96. The van der Waals surface area contributed by atoms with Gasteiger partial charge in [0.15, 0.2) is 0 Å². The highest BCUT2D eigenvalue weighted by Crippen LogP contribution is 2.35. The van der Waals surface area contributed by atoms with Crippen LogP contribution in [0.3, 0.4) is 0 Å². The van der Waals surface area contributed by atoms with Gasteiger partial charge in [-0.25, -0.2) is 0 Å². The number of hydrogen-bond acceptors (Lipinski definition) is 4. The Hall–Kier alpha value is -1.95. The summed E-state index contributed by atoms with van der Waals surface area (Å²) in [5.41, 5.74) is 5.44. The van der Waals surface area contributed by atoms with Crippen LogP contribution in [-0.4, -0.2) is 28.5 Å². The molecule has 1 aliphatic rings. The van der Waals surface area contributed by atoms with Gasteiger partial charge in [-0.1, -0.05) is 6.92 Å². The number of carbonyl (C=O) groups is 2. The molecule has 1 aromatic heterocycles.